The van der Waals surface area contributed by atoms with Crippen molar-refractivity contribution in [2.75, 3.05) is 13.6 Å². The fraction of sp³-hybridized carbons (Fsp3) is 0.500. The summed E-state index contributed by atoms with van der Waals surface area (Å²) in [7, 11) is 1.83. The smallest absolute Gasteiger partial charge is 0.191 e. The third-order valence-electron chi connectivity index (χ3n) is 4.32. The molecule has 0 aromatic carbocycles. The number of nitrogens with one attached hydrogen (secondary N) is 2. The molecule has 4 nitrogen and oxygen atoms in total. The van der Waals surface area contributed by atoms with E-state index >= 15 is 0 Å². The maximum atomic E-state index is 4.38. The second-order valence-electron chi connectivity index (χ2n) is 6.85. The number of thiophene rings is 1. The average Bonchev–Trinajstić information content (AvgIpc) is 2.99. The molecular weight excluding hydrogens is 328 g/mol. The quantitative estimate of drug-likeness (QED) is 0.581. The molecule has 0 aliphatic rings. The van der Waals surface area contributed by atoms with Crippen LogP contribution in [0.5, 0.6) is 0 Å². The monoisotopic (exact) mass is 358 g/mol. The number of guanidine groups is 1. The van der Waals surface area contributed by atoms with Gasteiger partial charge in [-0.25, -0.2) is 0 Å². The van der Waals surface area contributed by atoms with Crippen molar-refractivity contribution in [3.05, 3.63) is 52.0 Å². The first-order valence-corrected chi connectivity index (χ1v) is 9.73. The summed E-state index contributed by atoms with van der Waals surface area (Å²) < 4.78 is 0. The van der Waals surface area contributed by atoms with Gasteiger partial charge in [0.2, 0.25) is 0 Å². The van der Waals surface area contributed by atoms with Gasteiger partial charge < -0.3 is 10.6 Å². The molecule has 2 unspecified atom stereocenters. The van der Waals surface area contributed by atoms with Gasteiger partial charge in [0, 0.05) is 54.1 Å². The summed E-state index contributed by atoms with van der Waals surface area (Å²) >= 11 is 1.86. The summed E-state index contributed by atoms with van der Waals surface area (Å²) in [5.74, 6) is 1.79. The highest BCUT2D eigenvalue weighted by Crippen LogP contribution is 2.22. The third kappa shape index (κ3) is 6.16. The van der Waals surface area contributed by atoms with Gasteiger partial charge in [-0.15, -0.1) is 11.3 Å². The predicted molar refractivity (Wildman–Crippen MR) is 109 cm³/mol. The minimum absolute atomic E-state index is 0.333. The summed E-state index contributed by atoms with van der Waals surface area (Å²) in [4.78, 5) is 11.4. The Kier molecular flexibility index (Phi) is 7.44. The number of aryl methyl sites for hydroxylation is 1. The van der Waals surface area contributed by atoms with Gasteiger partial charge in [0.05, 0.1) is 0 Å². The first-order chi connectivity index (χ1) is 12.0. The normalized spacial score (nSPS) is 14.4. The number of aliphatic imine (C=N–C) groups is 1. The van der Waals surface area contributed by atoms with Gasteiger partial charge in [-0.05, 0) is 43.5 Å². The summed E-state index contributed by atoms with van der Waals surface area (Å²) in [6.45, 7) is 9.68. The molecular formula is C20H30N4S. The minimum Gasteiger partial charge on any atom is -0.356 e. The Morgan fingerprint density at radius 1 is 1.24 bits per heavy atom. The molecule has 0 bridgehead atoms. The van der Waals surface area contributed by atoms with E-state index in [1.54, 1.807) is 0 Å². The number of rotatable bonds is 7. The molecule has 25 heavy (non-hydrogen) atoms. The lowest BCUT2D eigenvalue weighted by Crippen LogP contribution is -2.44. The van der Waals surface area contributed by atoms with Crippen molar-refractivity contribution in [1.82, 2.24) is 15.6 Å². The number of hydrogen-bond donors (Lipinski definition) is 2. The molecule has 0 saturated carbocycles. The maximum absolute atomic E-state index is 4.38. The van der Waals surface area contributed by atoms with Gasteiger partial charge in [0.1, 0.15) is 0 Å². The fourth-order valence-corrected chi connectivity index (χ4v) is 3.94. The number of aromatic nitrogens is 1. The fourth-order valence-electron chi connectivity index (χ4n) is 2.92. The van der Waals surface area contributed by atoms with E-state index in [2.05, 4.69) is 66.5 Å². The summed E-state index contributed by atoms with van der Waals surface area (Å²) in [6, 6.07) is 8.88. The average molecular weight is 359 g/mol. The lowest BCUT2D eigenvalue weighted by Gasteiger charge is -2.24. The van der Waals surface area contributed by atoms with Crippen LogP contribution in [0, 0.1) is 12.8 Å². The Balaban J connectivity index is 1.90. The Morgan fingerprint density at radius 3 is 2.60 bits per heavy atom. The van der Waals surface area contributed by atoms with Crippen molar-refractivity contribution in [1.29, 1.82) is 0 Å². The lowest BCUT2D eigenvalue weighted by atomic mass is 9.89. The Hall–Kier alpha value is -1.88. The second-order valence-corrected chi connectivity index (χ2v) is 8.22. The van der Waals surface area contributed by atoms with E-state index in [1.807, 2.05) is 36.8 Å². The van der Waals surface area contributed by atoms with Crippen LogP contribution >= 0.6 is 11.3 Å². The molecule has 136 valence electrons. The van der Waals surface area contributed by atoms with E-state index in [0.29, 0.717) is 17.9 Å². The molecule has 0 fully saturated rings. The maximum Gasteiger partial charge on any atom is 0.191 e. The highest BCUT2D eigenvalue weighted by molar-refractivity contribution is 7.11. The van der Waals surface area contributed by atoms with Crippen LogP contribution in [0.1, 0.15) is 42.0 Å². The van der Waals surface area contributed by atoms with Gasteiger partial charge >= 0.3 is 0 Å². The van der Waals surface area contributed by atoms with E-state index in [9.17, 15) is 0 Å². The largest absolute Gasteiger partial charge is 0.356 e. The zero-order chi connectivity index (χ0) is 18.2. The van der Waals surface area contributed by atoms with Crippen molar-refractivity contribution in [3.8, 4) is 0 Å². The molecule has 2 rings (SSSR count). The van der Waals surface area contributed by atoms with Crippen LogP contribution in [0.2, 0.25) is 0 Å². The van der Waals surface area contributed by atoms with Crippen LogP contribution in [-0.4, -0.2) is 30.6 Å². The molecule has 0 spiro atoms. The highest BCUT2D eigenvalue weighted by atomic mass is 32.1. The van der Waals surface area contributed by atoms with Crippen molar-refractivity contribution < 1.29 is 0 Å². The van der Waals surface area contributed by atoms with Crippen LogP contribution in [-0.2, 0) is 6.42 Å². The Morgan fingerprint density at radius 2 is 2.04 bits per heavy atom. The van der Waals surface area contributed by atoms with Gasteiger partial charge in [-0.3, -0.25) is 9.98 Å². The zero-order valence-corrected chi connectivity index (χ0v) is 16.7. The van der Waals surface area contributed by atoms with Crippen molar-refractivity contribution in [3.63, 3.8) is 0 Å². The lowest BCUT2D eigenvalue weighted by molar-refractivity contribution is 0.485. The van der Waals surface area contributed by atoms with Crippen molar-refractivity contribution >= 4 is 17.3 Å². The summed E-state index contributed by atoms with van der Waals surface area (Å²) in [6.07, 6.45) is 4.79. The Labute approximate surface area is 155 Å². The summed E-state index contributed by atoms with van der Waals surface area (Å²) in [5.41, 5.74) is 1.27. The number of pyridine rings is 1. The van der Waals surface area contributed by atoms with Crippen LogP contribution in [0.3, 0.4) is 0 Å². The van der Waals surface area contributed by atoms with E-state index in [-0.39, 0.29) is 0 Å². The molecule has 2 N–H and O–H groups in total. The first kappa shape index (κ1) is 19.4. The topological polar surface area (TPSA) is 49.3 Å². The third-order valence-corrected chi connectivity index (χ3v) is 5.34. The van der Waals surface area contributed by atoms with E-state index in [1.165, 1.54) is 15.3 Å². The second kappa shape index (κ2) is 9.56. The Bertz CT molecular complexity index is 663. The molecule has 0 aliphatic heterocycles. The van der Waals surface area contributed by atoms with Crippen LogP contribution in [0.25, 0.3) is 0 Å². The van der Waals surface area contributed by atoms with Crippen LogP contribution in [0.15, 0.2) is 41.7 Å². The molecule has 0 amide bonds. The number of nitrogens with zero attached hydrogens (tertiary/aromatic N) is 2. The van der Waals surface area contributed by atoms with Gasteiger partial charge in [0.15, 0.2) is 5.96 Å². The first-order valence-electron chi connectivity index (χ1n) is 8.92. The van der Waals surface area contributed by atoms with Crippen LogP contribution < -0.4 is 10.6 Å². The van der Waals surface area contributed by atoms with E-state index < -0.39 is 0 Å². The molecule has 2 aromatic rings. The molecule has 5 heteroatoms. The molecule has 0 saturated heterocycles. The van der Waals surface area contributed by atoms with Gasteiger partial charge in [-0.2, -0.15) is 0 Å². The van der Waals surface area contributed by atoms with Crippen LogP contribution in [0.4, 0.5) is 0 Å². The summed E-state index contributed by atoms with van der Waals surface area (Å²) in [5, 5.41) is 6.99. The van der Waals surface area contributed by atoms with Gasteiger partial charge in [0.25, 0.3) is 0 Å². The molecule has 0 aliphatic carbocycles. The SMILES string of the molecule is CN=C(NCC(c1cccnc1)C(C)C)NC(C)Cc1ccc(C)s1. The molecule has 0 radical (unpaired) electrons. The molecule has 2 aromatic heterocycles. The standard InChI is InChI=1S/C20H30N4S/c1-14(2)19(17-7-6-10-22-12-17)13-23-20(21-5)24-15(3)11-18-9-8-16(4)25-18/h6-10,12,14-15,19H,11,13H2,1-5H3,(H2,21,23,24). The zero-order valence-electron chi connectivity index (χ0n) is 15.9. The minimum atomic E-state index is 0.333. The predicted octanol–water partition coefficient (Wildman–Crippen LogP) is 3.99. The van der Waals surface area contributed by atoms with Crippen molar-refractivity contribution in [2.45, 2.75) is 46.1 Å². The van der Waals surface area contributed by atoms with E-state index in [0.717, 1.165) is 18.9 Å². The number of hydrogen-bond acceptors (Lipinski definition) is 3. The van der Waals surface area contributed by atoms with E-state index in [4.69, 9.17) is 0 Å². The highest BCUT2D eigenvalue weighted by Gasteiger charge is 2.17. The molecule has 2 atom stereocenters. The molecule has 2 heterocycles. The van der Waals surface area contributed by atoms with Gasteiger partial charge in [-0.1, -0.05) is 19.9 Å². The van der Waals surface area contributed by atoms with Crippen molar-refractivity contribution in [2.24, 2.45) is 10.9 Å².